The SMILES string of the molecule is O=C(c1cc(-c2ccccc2)nc2ccccc12)N1C[C@@H]2COCC[C@]2(C(=O)O)C1. The largest absolute Gasteiger partial charge is 0.481 e. The minimum absolute atomic E-state index is 0.152. The Morgan fingerprint density at radius 1 is 1.10 bits per heavy atom. The molecule has 152 valence electrons. The molecule has 30 heavy (non-hydrogen) atoms. The van der Waals surface area contributed by atoms with E-state index in [-0.39, 0.29) is 18.4 Å². The lowest BCUT2D eigenvalue weighted by molar-refractivity contribution is -0.157. The zero-order valence-electron chi connectivity index (χ0n) is 16.5. The molecular weight excluding hydrogens is 380 g/mol. The second-order valence-corrected chi connectivity index (χ2v) is 8.11. The van der Waals surface area contributed by atoms with Gasteiger partial charge in [0, 0.05) is 36.6 Å². The number of aliphatic carboxylic acids is 1. The normalized spacial score (nSPS) is 23.3. The molecule has 2 fully saturated rings. The lowest BCUT2D eigenvalue weighted by Gasteiger charge is -2.33. The molecule has 2 aromatic carbocycles. The fourth-order valence-electron chi connectivity index (χ4n) is 4.73. The summed E-state index contributed by atoms with van der Waals surface area (Å²) in [4.78, 5) is 32.2. The Bertz CT molecular complexity index is 1130. The van der Waals surface area contributed by atoms with Gasteiger partial charge in [-0.1, -0.05) is 48.5 Å². The Morgan fingerprint density at radius 2 is 1.87 bits per heavy atom. The predicted molar refractivity (Wildman–Crippen MR) is 112 cm³/mol. The molecule has 0 unspecified atom stereocenters. The smallest absolute Gasteiger partial charge is 0.311 e. The Balaban J connectivity index is 1.57. The molecule has 1 amide bonds. The highest BCUT2D eigenvalue weighted by Gasteiger charge is 2.55. The van der Waals surface area contributed by atoms with Crippen molar-refractivity contribution in [1.29, 1.82) is 0 Å². The van der Waals surface area contributed by atoms with Crippen molar-refractivity contribution in [2.24, 2.45) is 11.3 Å². The highest BCUT2D eigenvalue weighted by Crippen LogP contribution is 2.43. The van der Waals surface area contributed by atoms with Gasteiger partial charge in [-0.15, -0.1) is 0 Å². The van der Waals surface area contributed by atoms with Crippen LogP contribution in [-0.4, -0.2) is 53.2 Å². The number of carbonyl (C=O) groups excluding carboxylic acids is 1. The van der Waals surface area contributed by atoms with E-state index in [0.717, 1.165) is 22.2 Å². The third-order valence-electron chi connectivity index (χ3n) is 6.44. The number of hydrogen-bond donors (Lipinski definition) is 1. The number of ether oxygens (including phenoxy) is 1. The number of hydrogen-bond acceptors (Lipinski definition) is 4. The number of carboxylic acids is 1. The number of pyridine rings is 1. The minimum Gasteiger partial charge on any atom is -0.481 e. The first-order valence-electron chi connectivity index (χ1n) is 10.1. The van der Waals surface area contributed by atoms with Crippen LogP contribution in [0, 0.1) is 11.3 Å². The topological polar surface area (TPSA) is 79.7 Å². The summed E-state index contributed by atoms with van der Waals surface area (Å²) in [7, 11) is 0. The van der Waals surface area contributed by atoms with Gasteiger partial charge in [-0.2, -0.15) is 0 Å². The van der Waals surface area contributed by atoms with Gasteiger partial charge < -0.3 is 14.7 Å². The van der Waals surface area contributed by atoms with Crippen molar-refractivity contribution in [2.45, 2.75) is 6.42 Å². The molecule has 0 bridgehead atoms. The van der Waals surface area contributed by atoms with Crippen LogP contribution in [0.1, 0.15) is 16.8 Å². The molecule has 1 aromatic heterocycles. The van der Waals surface area contributed by atoms with Crippen LogP contribution in [0.15, 0.2) is 60.7 Å². The molecule has 6 heteroatoms. The van der Waals surface area contributed by atoms with Gasteiger partial charge in [-0.25, -0.2) is 4.98 Å². The van der Waals surface area contributed by atoms with Crippen molar-refractivity contribution in [3.63, 3.8) is 0 Å². The average Bonchev–Trinajstić information content (AvgIpc) is 3.20. The first-order chi connectivity index (χ1) is 14.6. The maximum Gasteiger partial charge on any atom is 0.311 e. The Morgan fingerprint density at radius 3 is 2.63 bits per heavy atom. The molecule has 2 atom stereocenters. The van der Waals surface area contributed by atoms with Gasteiger partial charge in [0.2, 0.25) is 0 Å². The fourth-order valence-corrected chi connectivity index (χ4v) is 4.73. The molecule has 2 aliphatic heterocycles. The van der Waals surface area contributed by atoms with E-state index in [2.05, 4.69) is 0 Å². The van der Waals surface area contributed by atoms with Crippen LogP contribution in [0.25, 0.3) is 22.2 Å². The Labute approximate surface area is 174 Å². The summed E-state index contributed by atoms with van der Waals surface area (Å²) in [5.41, 5.74) is 2.04. The van der Waals surface area contributed by atoms with Crippen LogP contribution in [0.2, 0.25) is 0 Å². The standard InChI is InChI=1S/C24H22N2O4/c27-22(26-13-17-14-30-11-10-24(17,15-26)23(28)29)19-12-21(16-6-2-1-3-7-16)25-20-9-5-4-8-18(19)20/h1-9,12,17H,10-11,13-15H2,(H,28,29)/t17-,24+/m1/s1. The summed E-state index contributed by atoms with van der Waals surface area (Å²) in [5, 5.41) is 10.7. The van der Waals surface area contributed by atoms with Crippen LogP contribution in [0.5, 0.6) is 0 Å². The zero-order valence-corrected chi connectivity index (χ0v) is 16.5. The maximum absolute atomic E-state index is 13.6. The molecule has 0 spiro atoms. The van der Waals surface area contributed by atoms with E-state index in [0.29, 0.717) is 31.7 Å². The number of nitrogens with zero attached hydrogens (tertiary/aromatic N) is 2. The van der Waals surface area contributed by atoms with Gasteiger partial charge in [0.05, 0.1) is 28.8 Å². The molecule has 0 aliphatic carbocycles. The van der Waals surface area contributed by atoms with E-state index in [1.165, 1.54) is 0 Å². The molecule has 3 aromatic rings. The number of amides is 1. The number of likely N-dealkylation sites (tertiary alicyclic amines) is 1. The highest BCUT2D eigenvalue weighted by atomic mass is 16.5. The number of rotatable bonds is 3. The molecule has 2 aliphatic rings. The lowest BCUT2D eigenvalue weighted by atomic mass is 9.74. The van der Waals surface area contributed by atoms with Crippen LogP contribution in [0.3, 0.4) is 0 Å². The van der Waals surface area contributed by atoms with Gasteiger partial charge in [0.15, 0.2) is 0 Å². The number of carboxylic acid groups (broad SMARTS) is 1. The van der Waals surface area contributed by atoms with Crippen molar-refractivity contribution in [2.75, 3.05) is 26.3 Å². The molecule has 3 heterocycles. The van der Waals surface area contributed by atoms with Crippen molar-refractivity contribution in [3.05, 3.63) is 66.2 Å². The van der Waals surface area contributed by atoms with Crippen LogP contribution < -0.4 is 0 Å². The summed E-state index contributed by atoms with van der Waals surface area (Å²) in [6, 6.07) is 19.2. The van der Waals surface area contributed by atoms with Crippen LogP contribution in [0.4, 0.5) is 0 Å². The maximum atomic E-state index is 13.6. The van der Waals surface area contributed by atoms with E-state index < -0.39 is 11.4 Å². The van der Waals surface area contributed by atoms with E-state index >= 15 is 0 Å². The number of aromatic nitrogens is 1. The van der Waals surface area contributed by atoms with E-state index in [4.69, 9.17) is 9.72 Å². The first-order valence-corrected chi connectivity index (χ1v) is 10.1. The van der Waals surface area contributed by atoms with Crippen molar-refractivity contribution in [3.8, 4) is 11.3 Å². The quantitative estimate of drug-likeness (QED) is 0.726. The van der Waals surface area contributed by atoms with Gasteiger partial charge >= 0.3 is 5.97 Å². The van der Waals surface area contributed by atoms with Crippen molar-refractivity contribution in [1.82, 2.24) is 9.88 Å². The number of carbonyl (C=O) groups is 2. The number of benzene rings is 2. The molecule has 2 saturated heterocycles. The van der Waals surface area contributed by atoms with Crippen molar-refractivity contribution < 1.29 is 19.4 Å². The number of fused-ring (bicyclic) bond motifs is 2. The minimum atomic E-state index is -0.918. The van der Waals surface area contributed by atoms with Crippen molar-refractivity contribution >= 4 is 22.8 Å². The third-order valence-corrected chi connectivity index (χ3v) is 6.44. The van der Waals surface area contributed by atoms with E-state index in [9.17, 15) is 14.7 Å². The Kier molecular flexibility index (Phi) is 4.51. The highest BCUT2D eigenvalue weighted by molar-refractivity contribution is 6.07. The van der Waals surface area contributed by atoms with Gasteiger partial charge in [-0.05, 0) is 18.6 Å². The molecule has 6 nitrogen and oxygen atoms in total. The average molecular weight is 402 g/mol. The van der Waals surface area contributed by atoms with Crippen LogP contribution in [-0.2, 0) is 9.53 Å². The first kappa shape index (κ1) is 18.8. The number of para-hydroxylation sites is 1. The summed E-state index contributed by atoms with van der Waals surface area (Å²) < 4.78 is 5.53. The molecular formula is C24H22N2O4. The fraction of sp³-hybridized carbons (Fsp3) is 0.292. The molecule has 0 saturated carbocycles. The summed E-state index contributed by atoms with van der Waals surface area (Å²) in [6.45, 7) is 1.40. The van der Waals surface area contributed by atoms with E-state index in [1.54, 1.807) is 4.90 Å². The van der Waals surface area contributed by atoms with Gasteiger partial charge in [-0.3, -0.25) is 9.59 Å². The monoisotopic (exact) mass is 402 g/mol. The zero-order chi connectivity index (χ0) is 20.7. The van der Waals surface area contributed by atoms with Gasteiger partial charge in [0.25, 0.3) is 5.91 Å². The van der Waals surface area contributed by atoms with E-state index in [1.807, 2.05) is 60.7 Å². The second-order valence-electron chi connectivity index (χ2n) is 8.11. The summed E-state index contributed by atoms with van der Waals surface area (Å²) in [6.07, 6.45) is 0.434. The predicted octanol–water partition coefficient (Wildman–Crippen LogP) is 3.47. The third kappa shape index (κ3) is 2.95. The molecule has 5 rings (SSSR count). The second kappa shape index (κ2) is 7.22. The summed E-state index contributed by atoms with van der Waals surface area (Å²) in [5.74, 6) is -1.18. The Hall–Kier alpha value is -3.25. The lowest BCUT2D eigenvalue weighted by Crippen LogP contribution is -2.45. The molecule has 1 N–H and O–H groups in total. The molecule has 0 radical (unpaired) electrons. The van der Waals surface area contributed by atoms with Crippen LogP contribution >= 0.6 is 0 Å². The summed E-state index contributed by atoms with van der Waals surface area (Å²) >= 11 is 0. The van der Waals surface area contributed by atoms with Gasteiger partial charge in [0.1, 0.15) is 0 Å².